The Bertz CT molecular complexity index is 2070. The van der Waals surface area contributed by atoms with E-state index < -0.39 is 52.0 Å². The van der Waals surface area contributed by atoms with Gasteiger partial charge >= 0.3 is 5.97 Å². The van der Waals surface area contributed by atoms with Crippen molar-refractivity contribution in [2.75, 3.05) is 6.54 Å². The molecule has 44 heavy (non-hydrogen) atoms. The van der Waals surface area contributed by atoms with E-state index in [2.05, 4.69) is 19.9 Å². The number of aromatic nitrogens is 4. The molecule has 10 nitrogen and oxygen atoms in total. The van der Waals surface area contributed by atoms with E-state index in [1.54, 1.807) is 11.0 Å². The van der Waals surface area contributed by atoms with Crippen molar-refractivity contribution in [2.45, 2.75) is 25.3 Å². The summed E-state index contributed by atoms with van der Waals surface area (Å²) < 4.78 is 52.5. The highest BCUT2D eigenvalue weighted by molar-refractivity contribution is 6.30. The van der Waals surface area contributed by atoms with Crippen molar-refractivity contribution in [2.24, 2.45) is 0 Å². The van der Waals surface area contributed by atoms with E-state index in [-0.39, 0.29) is 33.8 Å². The molecular weight excluding hydrogens is 610 g/mol. The molecule has 3 N–H and O–H groups in total. The van der Waals surface area contributed by atoms with Crippen LogP contribution in [0.25, 0.3) is 22.1 Å². The predicted molar refractivity (Wildman–Crippen MR) is 151 cm³/mol. The van der Waals surface area contributed by atoms with E-state index in [9.17, 15) is 36.7 Å². The summed E-state index contributed by atoms with van der Waals surface area (Å²) in [6.07, 6.45) is 2.21. The molecule has 1 amide bonds. The van der Waals surface area contributed by atoms with Gasteiger partial charge in [0.25, 0.3) is 17.0 Å². The molecule has 226 valence electrons. The number of likely N-dealkylation sites (tertiary alicyclic amines) is 1. The van der Waals surface area contributed by atoms with E-state index >= 15 is 0 Å². The van der Waals surface area contributed by atoms with Gasteiger partial charge in [0.05, 0.1) is 22.1 Å². The molecule has 1 saturated heterocycles. The molecule has 5 aromatic rings. The average molecular weight is 630 g/mol. The second kappa shape index (κ2) is 12.2. The summed E-state index contributed by atoms with van der Waals surface area (Å²) in [6, 6.07) is 10.5. The van der Waals surface area contributed by atoms with E-state index in [0.717, 1.165) is 36.6 Å². The summed E-state index contributed by atoms with van der Waals surface area (Å²) in [6.45, 7) is 0.501. The fourth-order valence-electron chi connectivity index (χ4n) is 4.84. The van der Waals surface area contributed by atoms with Gasteiger partial charge in [0.15, 0.2) is 29.0 Å². The van der Waals surface area contributed by atoms with Crippen LogP contribution in [0.15, 0.2) is 58.1 Å². The fourth-order valence-corrected chi connectivity index (χ4v) is 5.05. The van der Waals surface area contributed by atoms with Gasteiger partial charge in [-0.05, 0) is 37.0 Å². The van der Waals surface area contributed by atoms with Crippen LogP contribution in [0.3, 0.4) is 0 Å². The number of carbonyl (C=O) groups is 2. The highest BCUT2D eigenvalue weighted by Crippen LogP contribution is 2.24. The number of benzene rings is 3. The second-order valence-electron chi connectivity index (χ2n) is 9.83. The lowest BCUT2D eigenvalue weighted by Gasteiger charge is -2.24. The van der Waals surface area contributed by atoms with Crippen LogP contribution in [-0.2, 0) is 6.42 Å². The molecule has 0 spiro atoms. The van der Waals surface area contributed by atoms with Gasteiger partial charge in [-0.3, -0.25) is 14.4 Å². The number of aromatic amines is 2. The number of H-pyrrole nitrogens is 2. The Morgan fingerprint density at radius 2 is 1.41 bits per heavy atom. The smallest absolute Gasteiger partial charge is 0.360 e. The first-order valence-electron chi connectivity index (χ1n) is 13.0. The van der Waals surface area contributed by atoms with Gasteiger partial charge in [-0.15, -0.1) is 0 Å². The highest BCUT2D eigenvalue weighted by Gasteiger charge is 2.32. The van der Waals surface area contributed by atoms with Crippen molar-refractivity contribution >= 4 is 45.5 Å². The lowest BCUT2D eigenvalue weighted by molar-refractivity contribution is 0.0686. The van der Waals surface area contributed by atoms with Crippen molar-refractivity contribution in [1.82, 2.24) is 24.8 Å². The number of carbonyl (C=O) groups excluding carboxylic acids is 1. The van der Waals surface area contributed by atoms with Crippen LogP contribution in [0.5, 0.6) is 0 Å². The number of carboxylic acids is 1. The van der Waals surface area contributed by atoms with Crippen LogP contribution in [-0.4, -0.2) is 54.4 Å². The summed E-state index contributed by atoms with van der Waals surface area (Å²) in [5, 5.41) is 9.22. The summed E-state index contributed by atoms with van der Waals surface area (Å²) >= 11 is 6.03. The predicted octanol–water partition coefficient (Wildman–Crippen LogP) is 4.60. The Morgan fingerprint density at radius 1 is 0.864 bits per heavy atom. The quantitative estimate of drug-likeness (QED) is 0.246. The average Bonchev–Trinajstić information content (AvgIpc) is 3.42. The van der Waals surface area contributed by atoms with E-state index in [4.69, 9.17) is 16.7 Å². The Morgan fingerprint density at radius 3 is 1.98 bits per heavy atom. The van der Waals surface area contributed by atoms with Gasteiger partial charge in [0.2, 0.25) is 5.69 Å². The molecule has 3 heterocycles. The minimum absolute atomic E-state index is 0.0208. The minimum Gasteiger partial charge on any atom is -0.476 e. The number of carboxylic acid groups (broad SMARTS) is 1. The van der Waals surface area contributed by atoms with Crippen LogP contribution in [0.2, 0.25) is 5.02 Å². The fraction of sp³-hybridized carbons (Fsp3) is 0.172. The zero-order valence-corrected chi connectivity index (χ0v) is 23.1. The second-order valence-corrected chi connectivity index (χ2v) is 10.3. The lowest BCUT2D eigenvalue weighted by Crippen LogP contribution is -2.40. The van der Waals surface area contributed by atoms with Crippen molar-refractivity contribution in [1.29, 1.82) is 0 Å². The van der Waals surface area contributed by atoms with Crippen molar-refractivity contribution in [3.63, 3.8) is 0 Å². The zero-order valence-electron chi connectivity index (χ0n) is 22.3. The first kappa shape index (κ1) is 30.4. The number of rotatable bonds is 4. The molecule has 6 rings (SSSR count). The SMILES string of the molecule is O=C(O)c1nc2cc(F)c(F)cc2[nH]c1=O.O=C(c1nc2cc(F)c(F)cc2[nH]c1=O)N1CCCC1Cc1cccc(Cl)c1. The number of hydrogen-bond donors (Lipinski definition) is 3. The minimum atomic E-state index is -1.53. The third-order valence-corrected chi connectivity index (χ3v) is 7.11. The van der Waals surface area contributed by atoms with Gasteiger partial charge in [-0.25, -0.2) is 32.3 Å². The molecule has 1 unspecified atom stereocenters. The maximum Gasteiger partial charge on any atom is 0.360 e. The molecule has 2 aromatic heterocycles. The topological polar surface area (TPSA) is 149 Å². The number of amides is 1. The largest absolute Gasteiger partial charge is 0.476 e. The number of hydrogen-bond acceptors (Lipinski definition) is 6. The highest BCUT2D eigenvalue weighted by atomic mass is 35.5. The number of halogens is 5. The van der Waals surface area contributed by atoms with E-state index in [1.807, 2.05) is 18.2 Å². The van der Waals surface area contributed by atoms with Crippen LogP contribution in [0.4, 0.5) is 17.6 Å². The summed E-state index contributed by atoms with van der Waals surface area (Å²) in [7, 11) is 0. The van der Waals surface area contributed by atoms with Gasteiger partial charge in [0.1, 0.15) is 0 Å². The van der Waals surface area contributed by atoms with Gasteiger partial charge in [-0.1, -0.05) is 23.7 Å². The van der Waals surface area contributed by atoms with Crippen molar-refractivity contribution in [3.05, 3.63) is 114 Å². The molecule has 1 atom stereocenters. The summed E-state index contributed by atoms with van der Waals surface area (Å²) in [5.41, 5.74) is -1.91. The molecule has 0 saturated carbocycles. The summed E-state index contributed by atoms with van der Waals surface area (Å²) in [4.78, 5) is 60.6. The maximum absolute atomic E-state index is 13.5. The number of nitrogens with zero attached hydrogens (tertiary/aromatic N) is 3. The molecule has 1 aliphatic heterocycles. The molecule has 0 radical (unpaired) electrons. The summed E-state index contributed by atoms with van der Waals surface area (Å²) in [5.74, 6) is -6.54. The molecule has 0 bridgehead atoms. The number of aromatic carboxylic acids is 1. The Balaban J connectivity index is 0.000000204. The molecule has 1 aliphatic rings. The molecule has 1 fully saturated rings. The van der Waals surface area contributed by atoms with Gasteiger partial charge < -0.3 is 20.0 Å². The Labute approximate surface area is 249 Å². The third-order valence-electron chi connectivity index (χ3n) is 6.87. The first-order chi connectivity index (χ1) is 20.9. The van der Waals surface area contributed by atoms with Crippen LogP contribution >= 0.6 is 11.6 Å². The molecule has 0 aliphatic carbocycles. The Hall–Kier alpha value is -5.11. The van der Waals surface area contributed by atoms with Crippen LogP contribution in [0, 0.1) is 23.3 Å². The standard InChI is InChI=1S/C20H16ClF2N3O2.C9H4F2N2O3/c21-12-4-1-3-11(7-12)8-13-5-2-6-26(13)20(28)18-19(27)25-17-10-15(23)14(22)9-16(17)24-18;10-3-1-5-6(2-4(3)11)13-8(14)7(12-5)9(15)16/h1,3-4,7,9-10,13H,2,5-6,8H2,(H,25,27);1-2H,(H,13,14)(H,15,16). The normalized spacial score (nSPS) is 14.5. The van der Waals surface area contributed by atoms with Gasteiger partial charge in [-0.2, -0.15) is 0 Å². The van der Waals surface area contributed by atoms with Crippen LogP contribution < -0.4 is 11.1 Å². The first-order valence-corrected chi connectivity index (χ1v) is 13.4. The van der Waals surface area contributed by atoms with Crippen molar-refractivity contribution in [3.8, 4) is 0 Å². The van der Waals surface area contributed by atoms with Crippen molar-refractivity contribution < 1.29 is 32.3 Å². The molecule has 3 aromatic carbocycles. The third kappa shape index (κ3) is 6.29. The maximum atomic E-state index is 13.5. The molecular formula is C29H20ClF4N5O5. The van der Waals surface area contributed by atoms with E-state index in [0.29, 0.717) is 24.1 Å². The number of fused-ring (bicyclic) bond motifs is 2. The number of nitrogens with one attached hydrogen (secondary N) is 2. The van der Waals surface area contributed by atoms with E-state index in [1.165, 1.54) is 0 Å². The van der Waals surface area contributed by atoms with Crippen LogP contribution in [0.1, 0.15) is 39.4 Å². The zero-order chi connectivity index (χ0) is 31.7. The lowest BCUT2D eigenvalue weighted by atomic mass is 10.0. The van der Waals surface area contributed by atoms with Gasteiger partial charge in [0, 0.05) is 41.9 Å². The Kier molecular flexibility index (Phi) is 8.45. The molecule has 15 heteroatoms. The monoisotopic (exact) mass is 629 g/mol.